The molecule has 4 atom stereocenters. The van der Waals surface area contributed by atoms with Gasteiger partial charge in [-0.1, -0.05) is 6.42 Å². The quantitative estimate of drug-likeness (QED) is 0.768. The maximum atomic E-state index is 5.92. The zero-order valence-electron chi connectivity index (χ0n) is 12.0. The Bertz CT molecular complexity index is 227. The Balaban J connectivity index is 2.71. The Kier molecular flexibility index (Phi) is 5.38. The highest BCUT2D eigenvalue weighted by atomic mass is 16.5. The van der Waals surface area contributed by atoms with Crippen molar-refractivity contribution in [3.8, 4) is 0 Å². The standard InChI is InChI=1S/C13H29N3O/c1-10-7-6-8-11(2)16(10)15-13(4,9-14)12(3)17-5/h10-12,15H,6-9,14H2,1-5H3. The molecule has 0 aromatic rings. The first-order valence-corrected chi connectivity index (χ1v) is 6.73. The maximum Gasteiger partial charge on any atom is 0.0747 e. The van der Waals surface area contributed by atoms with Crippen molar-refractivity contribution < 1.29 is 4.74 Å². The number of methoxy groups -OCH3 is 1. The van der Waals surface area contributed by atoms with Gasteiger partial charge in [-0.25, -0.2) is 10.4 Å². The monoisotopic (exact) mass is 243 g/mol. The summed E-state index contributed by atoms with van der Waals surface area (Å²) >= 11 is 0. The number of nitrogens with zero attached hydrogens (tertiary/aromatic N) is 1. The van der Waals surface area contributed by atoms with Crippen LogP contribution in [0.15, 0.2) is 0 Å². The lowest BCUT2D eigenvalue weighted by molar-refractivity contribution is -0.0461. The van der Waals surface area contributed by atoms with E-state index in [-0.39, 0.29) is 11.6 Å². The summed E-state index contributed by atoms with van der Waals surface area (Å²) < 4.78 is 5.45. The summed E-state index contributed by atoms with van der Waals surface area (Å²) in [4.78, 5) is 0. The van der Waals surface area contributed by atoms with Crippen molar-refractivity contribution in [2.75, 3.05) is 13.7 Å². The molecule has 0 aliphatic carbocycles. The normalized spacial score (nSPS) is 32.1. The Morgan fingerprint density at radius 1 is 1.41 bits per heavy atom. The third-order valence-electron chi connectivity index (χ3n) is 4.25. The molecule has 1 aliphatic heterocycles. The molecule has 0 aromatic carbocycles. The van der Waals surface area contributed by atoms with Gasteiger partial charge in [-0.15, -0.1) is 0 Å². The number of piperidine rings is 1. The van der Waals surface area contributed by atoms with Gasteiger partial charge in [0, 0.05) is 25.7 Å². The molecule has 0 spiro atoms. The minimum absolute atomic E-state index is 0.0915. The topological polar surface area (TPSA) is 50.5 Å². The molecule has 1 saturated heterocycles. The summed E-state index contributed by atoms with van der Waals surface area (Å²) in [6.45, 7) is 9.32. The summed E-state index contributed by atoms with van der Waals surface area (Å²) in [6.07, 6.45) is 3.91. The Morgan fingerprint density at radius 2 is 1.94 bits per heavy atom. The second kappa shape index (κ2) is 6.14. The first kappa shape index (κ1) is 14.9. The van der Waals surface area contributed by atoms with E-state index in [1.54, 1.807) is 7.11 Å². The number of nitrogens with two attached hydrogens (primary N) is 1. The van der Waals surface area contributed by atoms with Gasteiger partial charge in [0.15, 0.2) is 0 Å². The van der Waals surface area contributed by atoms with Crippen LogP contribution in [-0.2, 0) is 4.74 Å². The fraction of sp³-hybridized carbons (Fsp3) is 1.00. The lowest BCUT2D eigenvalue weighted by Gasteiger charge is -2.46. The summed E-state index contributed by atoms with van der Waals surface area (Å²) in [5, 5.41) is 2.37. The van der Waals surface area contributed by atoms with E-state index in [1.165, 1.54) is 19.3 Å². The van der Waals surface area contributed by atoms with Gasteiger partial charge in [-0.05, 0) is 40.5 Å². The van der Waals surface area contributed by atoms with Crippen LogP contribution in [0.3, 0.4) is 0 Å². The second-order valence-electron chi connectivity index (χ2n) is 5.65. The fourth-order valence-corrected chi connectivity index (χ4v) is 2.50. The Hall–Kier alpha value is -0.160. The maximum absolute atomic E-state index is 5.92. The molecule has 0 bridgehead atoms. The number of hydrazine groups is 1. The molecule has 102 valence electrons. The number of hydrogen-bond acceptors (Lipinski definition) is 4. The second-order valence-corrected chi connectivity index (χ2v) is 5.65. The Morgan fingerprint density at radius 3 is 2.35 bits per heavy atom. The number of rotatable bonds is 5. The molecule has 0 aromatic heterocycles. The van der Waals surface area contributed by atoms with Crippen LogP contribution in [0.1, 0.15) is 47.0 Å². The zero-order valence-corrected chi connectivity index (χ0v) is 12.0. The van der Waals surface area contributed by atoms with Crippen molar-refractivity contribution >= 4 is 0 Å². The number of hydrogen-bond donors (Lipinski definition) is 2. The van der Waals surface area contributed by atoms with Crippen LogP contribution in [-0.4, -0.2) is 42.4 Å². The van der Waals surface area contributed by atoms with Crippen molar-refractivity contribution in [3.05, 3.63) is 0 Å². The molecule has 1 aliphatic rings. The first-order chi connectivity index (χ1) is 7.94. The molecule has 17 heavy (non-hydrogen) atoms. The van der Waals surface area contributed by atoms with E-state index < -0.39 is 0 Å². The van der Waals surface area contributed by atoms with E-state index in [0.29, 0.717) is 18.6 Å². The fourth-order valence-electron chi connectivity index (χ4n) is 2.50. The van der Waals surface area contributed by atoms with Crippen LogP contribution < -0.4 is 11.2 Å². The molecular formula is C13H29N3O. The smallest absolute Gasteiger partial charge is 0.0747 e. The Labute approximate surface area is 106 Å². The lowest BCUT2D eigenvalue weighted by atomic mass is 9.95. The van der Waals surface area contributed by atoms with Crippen molar-refractivity contribution in [1.29, 1.82) is 0 Å². The van der Waals surface area contributed by atoms with Gasteiger partial charge in [0.25, 0.3) is 0 Å². The van der Waals surface area contributed by atoms with E-state index in [0.717, 1.165) is 0 Å². The molecule has 3 N–H and O–H groups in total. The molecule has 0 amide bonds. The molecule has 4 nitrogen and oxygen atoms in total. The number of ether oxygens (including phenoxy) is 1. The van der Waals surface area contributed by atoms with Gasteiger partial charge < -0.3 is 10.5 Å². The molecular weight excluding hydrogens is 214 g/mol. The largest absolute Gasteiger partial charge is 0.380 e. The third kappa shape index (κ3) is 3.41. The van der Waals surface area contributed by atoms with Gasteiger partial charge in [-0.2, -0.15) is 0 Å². The van der Waals surface area contributed by atoms with Gasteiger partial charge in [0.2, 0.25) is 0 Å². The zero-order chi connectivity index (χ0) is 13.1. The minimum Gasteiger partial charge on any atom is -0.380 e. The van der Waals surface area contributed by atoms with Crippen molar-refractivity contribution in [2.45, 2.75) is 70.7 Å². The highest BCUT2D eigenvalue weighted by Crippen LogP contribution is 2.23. The van der Waals surface area contributed by atoms with Crippen LogP contribution in [0.2, 0.25) is 0 Å². The van der Waals surface area contributed by atoms with E-state index >= 15 is 0 Å². The van der Waals surface area contributed by atoms with E-state index in [2.05, 4.69) is 38.1 Å². The average Bonchev–Trinajstić information content (AvgIpc) is 2.32. The summed E-state index contributed by atoms with van der Waals surface area (Å²) in [7, 11) is 1.74. The van der Waals surface area contributed by atoms with Crippen molar-refractivity contribution in [2.24, 2.45) is 5.73 Å². The van der Waals surface area contributed by atoms with Gasteiger partial charge in [0.1, 0.15) is 0 Å². The van der Waals surface area contributed by atoms with E-state index in [4.69, 9.17) is 10.5 Å². The molecule has 0 saturated carbocycles. The molecule has 1 fully saturated rings. The van der Waals surface area contributed by atoms with Crippen molar-refractivity contribution in [1.82, 2.24) is 10.4 Å². The van der Waals surface area contributed by atoms with Crippen molar-refractivity contribution in [3.63, 3.8) is 0 Å². The van der Waals surface area contributed by atoms with Crippen LogP contribution in [0.4, 0.5) is 0 Å². The predicted molar refractivity (Wildman–Crippen MR) is 71.7 cm³/mol. The van der Waals surface area contributed by atoms with Gasteiger partial charge >= 0.3 is 0 Å². The van der Waals surface area contributed by atoms with Gasteiger partial charge in [-0.3, -0.25) is 0 Å². The molecule has 1 rings (SSSR count). The molecule has 4 unspecified atom stereocenters. The van der Waals surface area contributed by atoms with Crippen LogP contribution in [0.25, 0.3) is 0 Å². The lowest BCUT2D eigenvalue weighted by Crippen LogP contribution is -2.66. The van der Waals surface area contributed by atoms with E-state index in [9.17, 15) is 0 Å². The average molecular weight is 243 g/mol. The van der Waals surface area contributed by atoms with Crippen LogP contribution >= 0.6 is 0 Å². The summed E-state index contributed by atoms with van der Waals surface area (Å²) in [6, 6.07) is 1.13. The van der Waals surface area contributed by atoms with Crippen LogP contribution in [0, 0.1) is 0 Å². The predicted octanol–water partition coefficient (Wildman–Crippen LogP) is 1.51. The highest BCUT2D eigenvalue weighted by molar-refractivity contribution is 4.92. The molecule has 1 heterocycles. The third-order valence-corrected chi connectivity index (χ3v) is 4.25. The summed E-state index contributed by atoms with van der Waals surface area (Å²) in [5.41, 5.74) is 9.34. The number of nitrogens with one attached hydrogen (secondary N) is 1. The van der Waals surface area contributed by atoms with E-state index in [1.807, 2.05) is 0 Å². The first-order valence-electron chi connectivity index (χ1n) is 6.73. The molecule has 4 heteroatoms. The molecule has 0 radical (unpaired) electrons. The minimum atomic E-state index is -0.200. The van der Waals surface area contributed by atoms with Gasteiger partial charge in [0.05, 0.1) is 11.6 Å². The summed E-state index contributed by atoms with van der Waals surface area (Å²) in [5.74, 6) is 0. The highest BCUT2D eigenvalue weighted by Gasteiger charge is 2.35. The van der Waals surface area contributed by atoms with Crippen LogP contribution in [0.5, 0.6) is 0 Å². The SMILES string of the molecule is COC(C)C(C)(CN)NN1C(C)CCCC1C.